The van der Waals surface area contributed by atoms with Crippen molar-refractivity contribution < 1.29 is 4.74 Å². The maximum Gasteiger partial charge on any atom is 0.0853 e. The largest absolute Gasteiger partial charge is 0.385 e. The predicted octanol–water partition coefficient (Wildman–Crippen LogP) is 9.94. The lowest BCUT2D eigenvalue weighted by Crippen LogP contribution is -2.48. The second-order valence-electron chi connectivity index (χ2n) is 15.7. The van der Waals surface area contributed by atoms with E-state index in [2.05, 4.69) is 135 Å². The molecule has 0 aromatic heterocycles. The van der Waals surface area contributed by atoms with Crippen molar-refractivity contribution in [1.29, 1.82) is 0 Å². The Kier molecular flexibility index (Phi) is 15.3. The molecule has 0 bridgehead atoms. The smallest absolute Gasteiger partial charge is 0.0853 e. The fraction of sp³-hybridized carbons (Fsp3) is 0.707. The lowest BCUT2D eigenvalue weighted by molar-refractivity contribution is 0.0103. The van der Waals surface area contributed by atoms with E-state index in [1.807, 2.05) is 7.11 Å². The van der Waals surface area contributed by atoms with Gasteiger partial charge in [-0.3, -0.25) is 0 Å². The van der Waals surface area contributed by atoms with Crippen LogP contribution in [0.15, 0.2) is 67.2 Å². The van der Waals surface area contributed by atoms with Crippen LogP contribution in [-0.2, 0) is 11.2 Å². The van der Waals surface area contributed by atoms with E-state index in [4.69, 9.17) is 11.3 Å². The quantitative estimate of drug-likeness (QED) is 0.166. The minimum atomic E-state index is 0.0427. The van der Waals surface area contributed by atoms with E-state index in [9.17, 15) is 0 Å². The van der Waals surface area contributed by atoms with Crippen LogP contribution < -0.4 is 5.32 Å². The molecule has 1 N–H and O–H groups in total. The van der Waals surface area contributed by atoms with E-state index in [-0.39, 0.29) is 23.5 Å². The van der Waals surface area contributed by atoms with Crippen LogP contribution in [-0.4, -0.2) is 54.7 Å². The third-order valence-electron chi connectivity index (χ3n) is 11.0. The molecule has 0 amide bonds. The van der Waals surface area contributed by atoms with Crippen LogP contribution in [0.3, 0.4) is 0 Å². The normalized spacial score (nSPS) is 20.2. The Hall–Kier alpha value is -2.20. The molecule has 1 aliphatic heterocycles. The van der Waals surface area contributed by atoms with Crippen molar-refractivity contribution in [3.8, 4) is 0 Å². The van der Waals surface area contributed by atoms with Crippen LogP contribution in [0.1, 0.15) is 107 Å². The summed E-state index contributed by atoms with van der Waals surface area (Å²) in [7, 11) is 4.16. The minimum Gasteiger partial charge on any atom is -0.385 e. The summed E-state index contributed by atoms with van der Waals surface area (Å²) < 4.78 is 6.32. The van der Waals surface area contributed by atoms with Gasteiger partial charge in [0.1, 0.15) is 0 Å². The summed E-state index contributed by atoms with van der Waals surface area (Å²) in [6.45, 7) is 38.3. The topological polar surface area (TPSA) is 27.7 Å². The van der Waals surface area contributed by atoms with Gasteiger partial charge in [-0.05, 0) is 60.8 Å². The van der Waals surface area contributed by atoms with Crippen molar-refractivity contribution in [3.05, 3.63) is 72.7 Å². The summed E-state index contributed by atoms with van der Waals surface area (Å²) in [5.41, 5.74) is 5.03. The molecular weight excluding hydrogens is 550 g/mol. The minimum absolute atomic E-state index is 0.0427. The van der Waals surface area contributed by atoms with Crippen LogP contribution in [0.5, 0.6) is 0 Å². The van der Waals surface area contributed by atoms with Crippen LogP contribution in [0, 0.1) is 35.0 Å². The molecule has 4 nitrogen and oxygen atoms in total. The van der Waals surface area contributed by atoms with Gasteiger partial charge in [-0.25, -0.2) is 0 Å². The zero-order chi connectivity index (χ0) is 34.1. The molecule has 1 heterocycles. The average Bonchev–Trinajstić information content (AvgIpc) is 3.47. The number of hydrogen-bond donors (Lipinski definition) is 1. The van der Waals surface area contributed by atoms with Crippen molar-refractivity contribution in [2.75, 3.05) is 20.7 Å². The number of hydrogen-bond acceptors (Lipinski definition) is 4. The monoisotopic (exact) mass is 622 g/mol. The fourth-order valence-electron chi connectivity index (χ4n) is 7.92. The summed E-state index contributed by atoms with van der Waals surface area (Å²) in [6.07, 6.45) is 6.56. The highest BCUT2D eigenvalue weighted by Crippen LogP contribution is 2.37. The summed E-state index contributed by atoms with van der Waals surface area (Å²) in [5, 5.41) is 3.87. The number of methoxy groups -OCH3 is 1. The lowest BCUT2D eigenvalue weighted by atomic mass is 9.82. The van der Waals surface area contributed by atoms with Crippen molar-refractivity contribution in [1.82, 2.24) is 15.1 Å². The summed E-state index contributed by atoms with van der Waals surface area (Å²) in [5.74, 6) is 2.29. The molecule has 1 aliphatic rings. The molecule has 1 aromatic carbocycles. The molecule has 2 rings (SSSR count). The first-order valence-electron chi connectivity index (χ1n) is 18.0. The zero-order valence-electron chi connectivity index (χ0n) is 31.5. The molecule has 7 unspecified atom stereocenters. The molecule has 0 saturated carbocycles. The van der Waals surface area contributed by atoms with E-state index >= 15 is 0 Å². The maximum atomic E-state index is 6.32. The molecule has 1 aromatic rings. The van der Waals surface area contributed by atoms with E-state index in [1.54, 1.807) is 0 Å². The summed E-state index contributed by atoms with van der Waals surface area (Å²) >= 11 is 0. The van der Waals surface area contributed by atoms with Gasteiger partial charge in [-0.15, -0.1) is 0 Å². The number of nitrogens with zero attached hydrogens (tertiary/aromatic N) is 2. The molecule has 4 heteroatoms. The number of nitrogens with one attached hydrogen (secondary N) is 1. The SMILES string of the molecule is C=C(NC(Cc1ccccc1)C(C)(C)C)C(C)C(OC)C1CCCN1C(=C)CC(C)C(C(C)CC)N(C)C(=C)[C@@H](CC)C(C)C. The van der Waals surface area contributed by atoms with E-state index in [0.29, 0.717) is 35.8 Å². The summed E-state index contributed by atoms with van der Waals surface area (Å²) in [6, 6.07) is 11.8. The van der Waals surface area contributed by atoms with Gasteiger partial charge in [0, 0.05) is 61.7 Å². The molecular formula is C41H71N3O. The number of likely N-dealkylation sites (tertiary alicyclic amines) is 1. The van der Waals surface area contributed by atoms with Crippen molar-refractivity contribution >= 4 is 0 Å². The second-order valence-corrected chi connectivity index (χ2v) is 15.7. The summed E-state index contributed by atoms with van der Waals surface area (Å²) in [4.78, 5) is 5.10. The van der Waals surface area contributed by atoms with Gasteiger partial charge in [-0.1, -0.05) is 126 Å². The van der Waals surface area contributed by atoms with Gasteiger partial charge in [0.25, 0.3) is 0 Å². The Labute approximate surface area is 279 Å². The van der Waals surface area contributed by atoms with Crippen LogP contribution >= 0.6 is 0 Å². The highest BCUT2D eigenvalue weighted by Gasteiger charge is 2.39. The Morgan fingerprint density at radius 2 is 1.62 bits per heavy atom. The van der Waals surface area contributed by atoms with Gasteiger partial charge >= 0.3 is 0 Å². The van der Waals surface area contributed by atoms with Gasteiger partial charge in [0.05, 0.1) is 12.1 Å². The molecule has 0 radical (unpaired) electrons. The van der Waals surface area contributed by atoms with Gasteiger partial charge in [0.2, 0.25) is 0 Å². The van der Waals surface area contributed by atoms with Crippen molar-refractivity contribution in [2.45, 2.75) is 132 Å². The molecule has 1 saturated heterocycles. The van der Waals surface area contributed by atoms with Crippen LogP contribution in [0.2, 0.25) is 0 Å². The Morgan fingerprint density at radius 3 is 2.13 bits per heavy atom. The molecule has 45 heavy (non-hydrogen) atoms. The average molecular weight is 622 g/mol. The zero-order valence-corrected chi connectivity index (χ0v) is 31.5. The van der Waals surface area contributed by atoms with Crippen molar-refractivity contribution in [2.24, 2.45) is 35.0 Å². The Bertz CT molecular complexity index is 1060. The standard InChI is InChI=1S/C41H71N3O/c1-16-29(5)39(43(14)34(10)36(17-2)28(3)4)30(6)26-31(7)44-25-21-24-37(44)40(45-15)32(8)33(9)42-38(41(11,12)13)27-35-22-19-18-20-23-35/h18-20,22-23,28-30,32,36-40,42H,7,9-10,16-17,21,24-27H2,1-6,8,11-15H3/t29?,30?,32?,36-,37?,38?,39?,40?/m0/s1. The highest BCUT2D eigenvalue weighted by atomic mass is 16.5. The number of ether oxygens (including phenoxy) is 1. The second kappa shape index (κ2) is 17.6. The molecule has 8 atom stereocenters. The molecule has 1 fully saturated rings. The number of benzene rings is 1. The third-order valence-corrected chi connectivity index (χ3v) is 11.0. The van der Waals surface area contributed by atoms with Crippen molar-refractivity contribution in [3.63, 3.8) is 0 Å². The van der Waals surface area contributed by atoms with E-state index < -0.39 is 0 Å². The molecule has 256 valence electrons. The Morgan fingerprint density at radius 1 is 1.00 bits per heavy atom. The van der Waals surface area contributed by atoms with Gasteiger partial charge < -0.3 is 19.9 Å². The third kappa shape index (κ3) is 10.4. The maximum absolute atomic E-state index is 6.32. The van der Waals surface area contributed by atoms with Gasteiger partial charge in [0.15, 0.2) is 0 Å². The van der Waals surface area contributed by atoms with Crippen LogP contribution in [0.25, 0.3) is 0 Å². The predicted molar refractivity (Wildman–Crippen MR) is 197 cm³/mol. The number of rotatable bonds is 19. The fourth-order valence-corrected chi connectivity index (χ4v) is 7.92. The first kappa shape index (κ1) is 39.0. The van der Waals surface area contributed by atoms with E-state index in [1.165, 1.54) is 23.4 Å². The molecule has 0 aliphatic carbocycles. The first-order valence-corrected chi connectivity index (χ1v) is 18.0. The molecule has 0 spiro atoms. The lowest BCUT2D eigenvalue weighted by Gasteiger charge is -2.44. The van der Waals surface area contributed by atoms with Gasteiger partial charge in [-0.2, -0.15) is 0 Å². The first-order chi connectivity index (χ1) is 21.1. The van der Waals surface area contributed by atoms with E-state index in [0.717, 1.165) is 44.3 Å². The van der Waals surface area contributed by atoms with Crippen LogP contribution in [0.4, 0.5) is 0 Å². The number of allylic oxidation sites excluding steroid dienone is 2. The Balaban J connectivity index is 2.19. The highest BCUT2D eigenvalue weighted by molar-refractivity contribution is 5.18.